The fourth-order valence-electron chi connectivity index (χ4n) is 6.87. The van der Waals surface area contributed by atoms with Gasteiger partial charge in [-0.15, -0.1) is 0 Å². The van der Waals surface area contributed by atoms with Crippen LogP contribution in [0.25, 0.3) is 0 Å². The van der Waals surface area contributed by atoms with Crippen LogP contribution in [0.4, 0.5) is 5.69 Å². The highest BCUT2D eigenvalue weighted by molar-refractivity contribution is 7.89. The van der Waals surface area contributed by atoms with E-state index in [0.29, 0.717) is 24.6 Å². The number of carbonyl (C=O) groups is 1. The number of likely N-dealkylation sites (N-methyl/N-ethyl adjacent to an activating group) is 1. The fourth-order valence-corrected chi connectivity index (χ4v) is 8.44. The summed E-state index contributed by atoms with van der Waals surface area (Å²) in [6.07, 6.45) is 15.8. The topological polar surface area (TPSA) is 107 Å². The maximum atomic E-state index is 13.1. The van der Waals surface area contributed by atoms with Gasteiger partial charge in [0, 0.05) is 42.5 Å². The Kier molecular flexibility index (Phi) is 7.89. The Morgan fingerprint density at radius 3 is 2.77 bits per heavy atom. The average molecular weight is 591 g/mol. The minimum atomic E-state index is -4.09. The van der Waals surface area contributed by atoms with Gasteiger partial charge in [0.25, 0.3) is 0 Å². The molecule has 2 unspecified atom stereocenters. The molecule has 0 saturated heterocycles. The number of nitrogens with zero attached hydrogens (tertiary/aromatic N) is 2. The Morgan fingerprint density at radius 2 is 2.00 bits per heavy atom. The molecule has 4 aliphatic rings. The number of sulfonamides is 1. The normalized spacial score (nSPS) is 35.4. The zero-order valence-electron chi connectivity index (χ0n) is 23.2. The van der Waals surface area contributed by atoms with Gasteiger partial charge in [-0.3, -0.25) is 0 Å². The van der Waals surface area contributed by atoms with Crippen LogP contribution >= 0.6 is 11.6 Å². The lowest BCUT2D eigenvalue weighted by Crippen LogP contribution is -2.55. The molecule has 0 radical (unpaired) electrons. The number of rotatable bonds is 1. The van der Waals surface area contributed by atoms with Crippen molar-refractivity contribution in [2.24, 2.45) is 16.7 Å². The van der Waals surface area contributed by atoms with Crippen molar-refractivity contribution in [2.45, 2.75) is 51.0 Å². The zero-order valence-corrected chi connectivity index (χ0v) is 24.8. The van der Waals surface area contributed by atoms with E-state index in [1.54, 1.807) is 18.2 Å². The van der Waals surface area contributed by atoms with Crippen LogP contribution in [0.5, 0.6) is 5.75 Å². The minimum Gasteiger partial charge on any atom is -0.491 e. The number of carboxylic acid groups (broad SMARTS) is 1. The van der Waals surface area contributed by atoms with Crippen molar-refractivity contribution in [3.63, 3.8) is 0 Å². The molecule has 0 amide bonds. The summed E-state index contributed by atoms with van der Waals surface area (Å²) >= 11 is 6.42. The van der Waals surface area contributed by atoms with Crippen LogP contribution in [0.3, 0.4) is 0 Å². The predicted octanol–water partition coefficient (Wildman–Crippen LogP) is 4.64. The lowest BCUT2D eigenvalue weighted by molar-refractivity contribution is -0.157. The molecule has 10 heteroatoms. The molecule has 2 N–H and O–H groups in total. The van der Waals surface area contributed by atoms with Gasteiger partial charge in [-0.2, -0.15) is 0 Å². The molecule has 2 bridgehead atoms. The largest absolute Gasteiger partial charge is 0.491 e. The summed E-state index contributed by atoms with van der Waals surface area (Å²) in [5.74, 6) is -1.69. The van der Waals surface area contributed by atoms with Gasteiger partial charge in [-0.25, -0.2) is 17.5 Å². The monoisotopic (exact) mass is 590 g/mol. The maximum Gasteiger partial charge on any atom is 0.341 e. The second kappa shape index (κ2) is 10.8. The summed E-state index contributed by atoms with van der Waals surface area (Å²) in [7, 11) is -2.70. The maximum absolute atomic E-state index is 13.1. The smallest absolute Gasteiger partial charge is 0.341 e. The van der Waals surface area contributed by atoms with Gasteiger partial charge in [-0.1, -0.05) is 55.3 Å². The molecule has 1 aromatic carbocycles. The quantitative estimate of drug-likeness (QED) is 0.459. The third-order valence-electron chi connectivity index (χ3n) is 9.61. The first-order valence-corrected chi connectivity index (χ1v) is 16.0. The molecule has 1 saturated carbocycles. The Labute approximate surface area is 242 Å². The van der Waals surface area contributed by atoms with E-state index in [1.807, 2.05) is 12.2 Å². The van der Waals surface area contributed by atoms with Gasteiger partial charge in [0.05, 0.1) is 12.3 Å². The zero-order chi connectivity index (χ0) is 28.8. The fraction of sp³-hybridized carbons (Fsp3) is 0.567. The molecule has 8 nitrogen and oxygen atoms in total. The molecule has 1 aromatic rings. The van der Waals surface area contributed by atoms with E-state index >= 15 is 0 Å². The van der Waals surface area contributed by atoms with Crippen molar-refractivity contribution in [3.8, 4) is 5.75 Å². The number of aliphatic carboxylic acids is 1. The summed E-state index contributed by atoms with van der Waals surface area (Å²) < 4.78 is 33.8. The third kappa shape index (κ3) is 5.10. The van der Waals surface area contributed by atoms with E-state index in [1.165, 1.54) is 13.1 Å². The minimum absolute atomic E-state index is 0.0192. The number of carboxylic acids is 1. The third-order valence-corrected chi connectivity index (χ3v) is 11.7. The summed E-state index contributed by atoms with van der Waals surface area (Å²) in [6, 6.07) is 4.77. The number of halogens is 1. The van der Waals surface area contributed by atoms with E-state index < -0.39 is 27.3 Å². The van der Waals surface area contributed by atoms with Crippen LogP contribution in [-0.4, -0.2) is 67.9 Å². The van der Waals surface area contributed by atoms with Crippen molar-refractivity contribution in [1.29, 1.82) is 0 Å². The number of benzene rings is 1. The van der Waals surface area contributed by atoms with Crippen molar-refractivity contribution in [2.75, 3.05) is 43.9 Å². The van der Waals surface area contributed by atoms with Crippen LogP contribution < -0.4 is 9.64 Å². The van der Waals surface area contributed by atoms with Crippen LogP contribution in [0.15, 0.2) is 53.6 Å². The van der Waals surface area contributed by atoms with Crippen molar-refractivity contribution < 1.29 is 28.2 Å². The molecule has 1 fully saturated rings. The average Bonchev–Trinajstić information content (AvgIpc) is 3.06. The van der Waals surface area contributed by atoms with E-state index in [9.17, 15) is 23.4 Å². The van der Waals surface area contributed by atoms with E-state index in [4.69, 9.17) is 16.3 Å². The molecule has 40 heavy (non-hydrogen) atoms. The highest BCUT2D eigenvalue weighted by Gasteiger charge is 2.55. The van der Waals surface area contributed by atoms with Crippen LogP contribution in [0, 0.1) is 16.7 Å². The highest BCUT2D eigenvalue weighted by atomic mass is 35.5. The first-order chi connectivity index (χ1) is 18.9. The first kappa shape index (κ1) is 29.2. The Balaban J connectivity index is 1.60. The highest BCUT2D eigenvalue weighted by Crippen LogP contribution is 2.59. The molecule has 0 aromatic heterocycles. The molecule has 218 valence electrons. The molecule has 2 heterocycles. The number of hydrogen-bond donors (Lipinski definition) is 2. The van der Waals surface area contributed by atoms with Gasteiger partial charge in [0.1, 0.15) is 11.5 Å². The second-order valence-electron chi connectivity index (χ2n) is 12.0. The molecule has 2 aliphatic heterocycles. The van der Waals surface area contributed by atoms with Gasteiger partial charge < -0.3 is 19.8 Å². The predicted molar refractivity (Wildman–Crippen MR) is 156 cm³/mol. The Bertz CT molecular complexity index is 1360. The Morgan fingerprint density at radius 1 is 1.20 bits per heavy atom. The van der Waals surface area contributed by atoms with E-state index in [0.717, 1.165) is 54.4 Å². The number of allylic oxidation sites excluding steroid dienone is 5. The van der Waals surface area contributed by atoms with Crippen LogP contribution in [0.1, 0.15) is 51.0 Å². The van der Waals surface area contributed by atoms with Gasteiger partial charge >= 0.3 is 5.97 Å². The van der Waals surface area contributed by atoms with Crippen molar-refractivity contribution in [1.82, 2.24) is 4.31 Å². The number of fused-ring (bicyclic) bond motifs is 3. The second-order valence-corrected chi connectivity index (χ2v) is 14.5. The summed E-state index contributed by atoms with van der Waals surface area (Å²) in [5, 5.41) is 22.3. The van der Waals surface area contributed by atoms with Gasteiger partial charge in [0.15, 0.2) is 0 Å². The number of ether oxygens (including phenoxy) is 1. The van der Waals surface area contributed by atoms with Crippen LogP contribution in [0.2, 0.25) is 0 Å². The summed E-state index contributed by atoms with van der Waals surface area (Å²) in [5.41, 5.74) is -2.33. The van der Waals surface area contributed by atoms with Gasteiger partial charge in [-0.05, 0) is 61.8 Å². The van der Waals surface area contributed by atoms with E-state index in [-0.39, 0.29) is 28.9 Å². The summed E-state index contributed by atoms with van der Waals surface area (Å²) in [4.78, 5) is 14.7. The Hall–Kier alpha value is -2.33. The van der Waals surface area contributed by atoms with Gasteiger partial charge in [0.2, 0.25) is 15.6 Å². The molecule has 4 atom stereocenters. The van der Waals surface area contributed by atoms with Crippen molar-refractivity contribution >= 4 is 33.3 Å². The molecular weight excluding hydrogens is 552 g/mol. The molecule has 5 rings (SSSR count). The molecule has 1 spiro atoms. The number of aliphatic hydroxyl groups is 1. The van der Waals surface area contributed by atoms with Crippen LogP contribution in [-0.2, 0) is 20.4 Å². The number of hydrogen-bond acceptors (Lipinski definition) is 6. The number of anilines is 1. The lowest BCUT2D eigenvalue weighted by Gasteiger charge is -2.55. The standard InChI is InChI=1S/C30H39ClN2O6S/c1-28-14-12-24(31)17-22(28)9-8-13-29(28)19-33-16-7-5-3-4-6-15-32(2)40(37,38)21-30(36,27(34)35)23-10-11-26(39-20-29)25(33)18-23/h4,6,10-12,14,17-18,22,36H,3,5,7-9,13,15-16,19-21H2,1-2H3,(H,34,35)/b6-4+/t22?,28?,29-,30-/m0/s1. The first-order valence-electron chi connectivity index (χ1n) is 14.0. The molecular formula is C30H39ClN2O6S. The lowest BCUT2D eigenvalue weighted by atomic mass is 9.51. The van der Waals surface area contributed by atoms with E-state index in [2.05, 4.69) is 24.0 Å². The molecule has 2 aliphatic carbocycles. The summed E-state index contributed by atoms with van der Waals surface area (Å²) in [6.45, 7) is 4.30. The SMILES string of the molecule is CN1C/C=C/CCCCN2C[C@@]3(CCCC4C=C(Cl)C=CC43C)COc3ccc(cc32)[C@](O)(C(=O)O)CS1(=O)=O. The van der Waals surface area contributed by atoms with Crippen molar-refractivity contribution in [3.05, 3.63) is 59.2 Å².